The van der Waals surface area contributed by atoms with Crippen LogP contribution in [0.15, 0.2) is 12.3 Å². The zero-order valence-electron chi connectivity index (χ0n) is 9.86. The van der Waals surface area contributed by atoms with E-state index in [1.807, 2.05) is 17.9 Å². The summed E-state index contributed by atoms with van der Waals surface area (Å²) in [6, 6.07) is 2.08. The van der Waals surface area contributed by atoms with Crippen LogP contribution in [0, 0.1) is 5.92 Å². The third-order valence-electron chi connectivity index (χ3n) is 2.46. The van der Waals surface area contributed by atoms with Crippen molar-refractivity contribution in [1.82, 2.24) is 15.1 Å². The molecule has 4 heteroatoms. The van der Waals surface area contributed by atoms with Crippen molar-refractivity contribution >= 4 is 0 Å². The van der Waals surface area contributed by atoms with Gasteiger partial charge in [0.25, 0.3) is 0 Å². The zero-order valence-corrected chi connectivity index (χ0v) is 9.86. The summed E-state index contributed by atoms with van der Waals surface area (Å²) in [4.78, 5) is 0. The van der Waals surface area contributed by atoms with Gasteiger partial charge in [0.2, 0.25) is 0 Å². The molecule has 0 fully saturated rings. The van der Waals surface area contributed by atoms with Crippen LogP contribution in [0.25, 0.3) is 0 Å². The maximum atomic E-state index is 4.97. The third kappa shape index (κ3) is 4.44. The molecular weight excluding hydrogens is 190 g/mol. The number of methoxy groups -OCH3 is 1. The van der Waals surface area contributed by atoms with Gasteiger partial charge in [0.1, 0.15) is 0 Å². The molecule has 0 radical (unpaired) electrons. The lowest BCUT2D eigenvalue weighted by atomic mass is 10.1. The Morgan fingerprint density at radius 2 is 2.40 bits per heavy atom. The van der Waals surface area contributed by atoms with E-state index in [2.05, 4.69) is 23.4 Å². The Kier molecular flexibility index (Phi) is 5.36. The second kappa shape index (κ2) is 6.58. The molecule has 1 atom stereocenters. The van der Waals surface area contributed by atoms with Crippen molar-refractivity contribution in [2.45, 2.75) is 13.3 Å². The van der Waals surface area contributed by atoms with E-state index in [0.717, 1.165) is 26.1 Å². The Morgan fingerprint density at radius 1 is 1.60 bits per heavy atom. The molecule has 0 aliphatic carbocycles. The van der Waals surface area contributed by atoms with E-state index in [0.29, 0.717) is 5.92 Å². The Balaban J connectivity index is 2.18. The van der Waals surface area contributed by atoms with Gasteiger partial charge in [0.15, 0.2) is 0 Å². The number of aromatic nitrogens is 2. The first-order valence-electron chi connectivity index (χ1n) is 5.40. The average Bonchev–Trinajstić information content (AvgIpc) is 2.59. The van der Waals surface area contributed by atoms with Crippen LogP contribution in [-0.4, -0.2) is 36.6 Å². The summed E-state index contributed by atoms with van der Waals surface area (Å²) in [6.07, 6.45) is 2.91. The first kappa shape index (κ1) is 12.2. The van der Waals surface area contributed by atoms with Crippen LogP contribution in [0.4, 0.5) is 0 Å². The highest BCUT2D eigenvalue weighted by Gasteiger charge is 2.05. The van der Waals surface area contributed by atoms with E-state index in [9.17, 15) is 0 Å². The Labute approximate surface area is 91.6 Å². The van der Waals surface area contributed by atoms with Crippen LogP contribution in [0.5, 0.6) is 0 Å². The molecule has 0 aromatic carbocycles. The normalized spacial score (nSPS) is 13.0. The smallest absolute Gasteiger partial charge is 0.0587 e. The molecule has 0 bridgehead atoms. The third-order valence-corrected chi connectivity index (χ3v) is 2.46. The molecule has 1 unspecified atom stereocenters. The zero-order chi connectivity index (χ0) is 11.1. The van der Waals surface area contributed by atoms with Crippen molar-refractivity contribution in [3.8, 4) is 0 Å². The highest BCUT2D eigenvalue weighted by atomic mass is 16.5. The first-order chi connectivity index (χ1) is 7.24. The minimum Gasteiger partial charge on any atom is -0.383 e. The number of nitrogens with one attached hydrogen (secondary N) is 1. The van der Waals surface area contributed by atoms with E-state index in [4.69, 9.17) is 4.74 Å². The van der Waals surface area contributed by atoms with E-state index in [1.165, 1.54) is 5.69 Å². The number of aryl methyl sites for hydroxylation is 1. The fourth-order valence-electron chi connectivity index (χ4n) is 1.55. The van der Waals surface area contributed by atoms with Gasteiger partial charge in [-0.2, -0.15) is 5.10 Å². The second-order valence-electron chi connectivity index (χ2n) is 3.95. The molecule has 0 spiro atoms. The lowest BCUT2D eigenvalue weighted by Crippen LogP contribution is -2.26. The molecule has 1 aromatic rings. The van der Waals surface area contributed by atoms with Gasteiger partial charge in [-0.3, -0.25) is 4.68 Å². The van der Waals surface area contributed by atoms with E-state index in [-0.39, 0.29) is 0 Å². The van der Waals surface area contributed by atoms with Gasteiger partial charge in [0.05, 0.1) is 6.61 Å². The van der Waals surface area contributed by atoms with E-state index in [1.54, 1.807) is 7.11 Å². The highest BCUT2D eigenvalue weighted by molar-refractivity contribution is 5.00. The molecule has 15 heavy (non-hydrogen) atoms. The molecule has 1 heterocycles. The summed E-state index contributed by atoms with van der Waals surface area (Å²) in [5.41, 5.74) is 1.29. The summed E-state index contributed by atoms with van der Waals surface area (Å²) < 4.78 is 6.91. The number of hydrogen-bond donors (Lipinski definition) is 1. The summed E-state index contributed by atoms with van der Waals surface area (Å²) in [7, 11) is 3.71. The van der Waals surface area contributed by atoms with Gasteiger partial charge in [-0.05, 0) is 24.9 Å². The van der Waals surface area contributed by atoms with Crippen molar-refractivity contribution < 1.29 is 4.74 Å². The van der Waals surface area contributed by atoms with Gasteiger partial charge in [-0.25, -0.2) is 0 Å². The summed E-state index contributed by atoms with van der Waals surface area (Å²) in [5, 5.41) is 7.52. The van der Waals surface area contributed by atoms with Crippen molar-refractivity contribution in [1.29, 1.82) is 0 Å². The van der Waals surface area contributed by atoms with Gasteiger partial charge in [0, 0.05) is 32.6 Å². The predicted molar refractivity (Wildman–Crippen MR) is 60.8 cm³/mol. The minimum absolute atomic E-state index is 0.622. The molecule has 4 nitrogen and oxygen atoms in total. The molecule has 0 saturated carbocycles. The monoisotopic (exact) mass is 211 g/mol. The van der Waals surface area contributed by atoms with Crippen LogP contribution in [-0.2, 0) is 18.2 Å². The predicted octanol–water partition coefficient (Wildman–Crippen LogP) is 0.835. The molecule has 1 aromatic heterocycles. The summed E-state index contributed by atoms with van der Waals surface area (Å²) in [6.45, 7) is 4.96. The molecule has 0 aliphatic heterocycles. The standard InChI is InChI=1S/C11H21N3O/c1-10(9-12-6-7-15-3)8-11-4-5-13-14(11)2/h4-5,10,12H,6-9H2,1-3H3. The largest absolute Gasteiger partial charge is 0.383 e. The van der Waals surface area contributed by atoms with Crippen molar-refractivity contribution in [2.75, 3.05) is 26.8 Å². The number of hydrogen-bond acceptors (Lipinski definition) is 3. The Morgan fingerprint density at radius 3 is 3.00 bits per heavy atom. The molecule has 1 N–H and O–H groups in total. The maximum Gasteiger partial charge on any atom is 0.0587 e. The summed E-state index contributed by atoms with van der Waals surface area (Å²) in [5.74, 6) is 0.622. The van der Waals surface area contributed by atoms with Crippen LogP contribution in [0.3, 0.4) is 0 Å². The van der Waals surface area contributed by atoms with Gasteiger partial charge in [-0.15, -0.1) is 0 Å². The van der Waals surface area contributed by atoms with Gasteiger partial charge >= 0.3 is 0 Å². The van der Waals surface area contributed by atoms with E-state index >= 15 is 0 Å². The lowest BCUT2D eigenvalue weighted by molar-refractivity contribution is 0.198. The van der Waals surface area contributed by atoms with Gasteiger partial charge in [-0.1, -0.05) is 6.92 Å². The number of rotatable bonds is 7. The lowest BCUT2D eigenvalue weighted by Gasteiger charge is -2.12. The molecule has 0 saturated heterocycles. The molecule has 0 aliphatic rings. The van der Waals surface area contributed by atoms with Crippen LogP contribution < -0.4 is 5.32 Å². The molecule has 1 rings (SSSR count). The number of ether oxygens (including phenoxy) is 1. The second-order valence-corrected chi connectivity index (χ2v) is 3.95. The quantitative estimate of drug-likeness (QED) is 0.679. The molecular formula is C11H21N3O. The average molecular weight is 211 g/mol. The van der Waals surface area contributed by atoms with Crippen LogP contribution in [0.2, 0.25) is 0 Å². The minimum atomic E-state index is 0.622. The fraction of sp³-hybridized carbons (Fsp3) is 0.727. The first-order valence-corrected chi connectivity index (χ1v) is 5.40. The fourth-order valence-corrected chi connectivity index (χ4v) is 1.55. The Hall–Kier alpha value is -0.870. The van der Waals surface area contributed by atoms with Gasteiger partial charge < -0.3 is 10.1 Å². The van der Waals surface area contributed by atoms with E-state index < -0.39 is 0 Å². The SMILES string of the molecule is COCCNCC(C)Cc1ccnn1C. The van der Waals surface area contributed by atoms with Crippen molar-refractivity contribution in [2.24, 2.45) is 13.0 Å². The topological polar surface area (TPSA) is 39.1 Å². The molecule has 0 amide bonds. The van der Waals surface area contributed by atoms with Crippen LogP contribution in [0.1, 0.15) is 12.6 Å². The van der Waals surface area contributed by atoms with Crippen molar-refractivity contribution in [3.63, 3.8) is 0 Å². The van der Waals surface area contributed by atoms with Crippen molar-refractivity contribution in [3.05, 3.63) is 18.0 Å². The number of nitrogens with zero attached hydrogens (tertiary/aromatic N) is 2. The molecule has 86 valence electrons. The Bertz CT molecular complexity index is 273. The maximum absolute atomic E-state index is 4.97. The highest BCUT2D eigenvalue weighted by Crippen LogP contribution is 2.05. The van der Waals surface area contributed by atoms with Crippen LogP contribution >= 0.6 is 0 Å². The summed E-state index contributed by atoms with van der Waals surface area (Å²) >= 11 is 0.